The number of hydrogen-bond acceptors (Lipinski definition) is 10. The van der Waals surface area contributed by atoms with Crippen molar-refractivity contribution in [3.63, 3.8) is 0 Å². The van der Waals surface area contributed by atoms with Crippen LogP contribution in [0.3, 0.4) is 0 Å². The zero-order valence-electron chi connectivity index (χ0n) is 12.9. The van der Waals surface area contributed by atoms with E-state index in [9.17, 15) is 4.79 Å². The molecule has 0 aliphatic rings. The van der Waals surface area contributed by atoms with Crippen LogP contribution < -0.4 is 35.1 Å². The summed E-state index contributed by atoms with van der Waals surface area (Å²) in [4.78, 5) is 61.7. The monoisotopic (exact) mass is 547 g/mol. The molecule has 0 saturated heterocycles. The van der Waals surface area contributed by atoms with E-state index in [1.54, 1.807) is 0 Å². The first-order valence-electron chi connectivity index (χ1n) is 5.18. The van der Waals surface area contributed by atoms with Gasteiger partial charge >= 0.3 is 64.4 Å². The molecule has 25 heavy (non-hydrogen) atoms. The van der Waals surface area contributed by atoms with Gasteiger partial charge in [-0.15, -0.1) is 0 Å². The fraction of sp³-hybridized carbons (Fsp3) is 0.222. The minimum Gasteiger partial charge on any atom is -0.822 e. The minimum atomic E-state index is -5.39. The average molecular weight is 551 g/mol. The van der Waals surface area contributed by atoms with E-state index in [4.69, 9.17) is 49.3 Å². The number of carbonyl (C=O) groups is 1. The van der Waals surface area contributed by atoms with Gasteiger partial charge in [-0.1, -0.05) is 30.3 Å². The van der Waals surface area contributed by atoms with E-state index in [0.29, 0.717) is 6.42 Å². The zero-order valence-corrected chi connectivity index (χ0v) is 23.6. The standard InChI is InChI=1S/C9H11NO2.2H3O4P.3Zn/c10-8(9(11)12)6-7-4-2-1-3-5-7;2*1-5(2,3)4;;;/h1-5,8H,6,10H2,(H,11,12);2*(H3,1,2,3,4);;;/q;;;3*+2/p-6/t8-;;;;;/m0...../s1. The van der Waals surface area contributed by atoms with Gasteiger partial charge in [-0.05, 0) is 12.0 Å². The van der Waals surface area contributed by atoms with Crippen molar-refractivity contribution in [2.45, 2.75) is 12.5 Å². The van der Waals surface area contributed by atoms with Crippen molar-refractivity contribution >= 4 is 21.6 Å². The van der Waals surface area contributed by atoms with Gasteiger partial charge in [0.05, 0.1) is 0 Å². The molecule has 1 rings (SSSR count). The Bertz CT molecular complexity index is 501. The van der Waals surface area contributed by atoms with E-state index in [0.717, 1.165) is 5.56 Å². The van der Waals surface area contributed by atoms with Gasteiger partial charge in [0.25, 0.3) is 0 Å². The fourth-order valence-electron chi connectivity index (χ4n) is 0.955. The van der Waals surface area contributed by atoms with Gasteiger partial charge in [0.15, 0.2) is 0 Å². The summed E-state index contributed by atoms with van der Waals surface area (Å²) in [5.41, 5.74) is 6.30. The van der Waals surface area contributed by atoms with Crippen molar-refractivity contribution < 1.29 is 107 Å². The minimum absolute atomic E-state index is 0. The summed E-state index contributed by atoms with van der Waals surface area (Å²) >= 11 is 0. The molecule has 0 aromatic heterocycles. The summed E-state index contributed by atoms with van der Waals surface area (Å²) < 4.78 is 17.1. The zero-order chi connectivity index (χ0) is 18.0. The first kappa shape index (κ1) is 36.6. The molecule has 1 aromatic rings. The third kappa shape index (κ3) is 45.7. The molecule has 0 heterocycles. The summed E-state index contributed by atoms with van der Waals surface area (Å²) in [6, 6.07) is 8.54. The van der Waals surface area contributed by atoms with Crippen LogP contribution in [-0.2, 0) is 78.8 Å². The fourth-order valence-corrected chi connectivity index (χ4v) is 0.955. The summed E-state index contributed by atoms with van der Waals surface area (Å²) in [5, 5.41) is 8.52. The maximum absolute atomic E-state index is 10.4. The van der Waals surface area contributed by atoms with Crippen molar-refractivity contribution in [1.82, 2.24) is 0 Å². The van der Waals surface area contributed by atoms with E-state index in [2.05, 4.69) is 0 Å². The quantitative estimate of drug-likeness (QED) is 0.266. The predicted molar refractivity (Wildman–Crippen MR) is 61.0 cm³/mol. The molecule has 1 aromatic carbocycles. The number of carboxylic acids is 1. The SMILES string of the molecule is N[C@@H](Cc1ccccc1)C(=O)O.O=P([O-])([O-])[O-].O=P([O-])([O-])[O-].[Zn+2].[Zn+2].[Zn+2]. The third-order valence-electron chi connectivity index (χ3n) is 1.62. The molecule has 0 radical (unpaired) electrons. The molecular formula is C9H11NO10P2Zn3. The number of carboxylic acid groups (broad SMARTS) is 1. The van der Waals surface area contributed by atoms with Crippen LogP contribution in [0.15, 0.2) is 30.3 Å². The maximum atomic E-state index is 10.4. The van der Waals surface area contributed by atoms with Crippen LogP contribution in [0, 0.1) is 0 Å². The number of benzene rings is 1. The largest absolute Gasteiger partial charge is 2.00 e. The van der Waals surface area contributed by atoms with Gasteiger partial charge in [-0.3, -0.25) is 4.79 Å². The summed E-state index contributed by atoms with van der Waals surface area (Å²) in [5.74, 6) is -0.959. The van der Waals surface area contributed by atoms with Crippen LogP contribution in [0.5, 0.6) is 0 Å². The van der Waals surface area contributed by atoms with Crippen molar-refractivity contribution in [1.29, 1.82) is 0 Å². The Morgan fingerprint density at radius 3 is 1.44 bits per heavy atom. The van der Waals surface area contributed by atoms with Gasteiger partial charge in [-0.2, -0.15) is 15.6 Å². The molecular weight excluding hydrogens is 540 g/mol. The Hall–Kier alpha value is 0.740. The second kappa shape index (κ2) is 18.1. The average Bonchev–Trinajstić information content (AvgIpc) is 2.25. The Kier molecular flexibility index (Phi) is 26.5. The van der Waals surface area contributed by atoms with E-state index in [-0.39, 0.29) is 58.4 Å². The maximum Gasteiger partial charge on any atom is 2.00 e. The van der Waals surface area contributed by atoms with Crippen molar-refractivity contribution in [3.05, 3.63) is 35.9 Å². The van der Waals surface area contributed by atoms with Gasteiger partial charge in [0, 0.05) is 0 Å². The first-order chi connectivity index (χ1) is 9.70. The second-order valence-electron chi connectivity index (χ2n) is 3.53. The number of phosphoric acid groups is 2. The van der Waals surface area contributed by atoms with Gasteiger partial charge in [0.2, 0.25) is 0 Å². The molecule has 3 N–H and O–H groups in total. The van der Waals surface area contributed by atoms with Crippen LogP contribution in [0.25, 0.3) is 0 Å². The van der Waals surface area contributed by atoms with Gasteiger partial charge < -0.3 is 49.3 Å². The third-order valence-corrected chi connectivity index (χ3v) is 1.62. The molecule has 128 valence electrons. The smallest absolute Gasteiger partial charge is 0.822 e. The van der Waals surface area contributed by atoms with Crippen LogP contribution >= 0.6 is 15.6 Å². The molecule has 1 atom stereocenters. The van der Waals surface area contributed by atoms with Crippen LogP contribution in [0.1, 0.15) is 5.56 Å². The Balaban J connectivity index is -0.0000000882. The van der Waals surface area contributed by atoms with E-state index >= 15 is 0 Å². The Morgan fingerprint density at radius 2 is 1.20 bits per heavy atom. The molecule has 0 saturated carbocycles. The number of nitrogens with two attached hydrogens (primary N) is 1. The second-order valence-corrected chi connectivity index (χ2v) is 5.32. The topological polar surface area (TPSA) is 236 Å². The predicted octanol–water partition coefficient (Wildman–Crippen LogP) is -5.02. The van der Waals surface area contributed by atoms with Crippen molar-refractivity contribution in [2.75, 3.05) is 0 Å². The Labute approximate surface area is 181 Å². The molecule has 0 fully saturated rings. The van der Waals surface area contributed by atoms with Crippen molar-refractivity contribution in [2.24, 2.45) is 5.73 Å². The number of hydrogen-bond donors (Lipinski definition) is 2. The summed E-state index contributed by atoms with van der Waals surface area (Å²) in [6.45, 7) is 0. The Morgan fingerprint density at radius 1 is 0.920 bits per heavy atom. The molecule has 0 spiro atoms. The van der Waals surface area contributed by atoms with Crippen LogP contribution in [-0.4, -0.2) is 17.1 Å². The van der Waals surface area contributed by atoms with Crippen LogP contribution in [0.2, 0.25) is 0 Å². The summed E-state index contributed by atoms with van der Waals surface area (Å²) in [6.07, 6.45) is 0.385. The van der Waals surface area contributed by atoms with Crippen molar-refractivity contribution in [3.8, 4) is 0 Å². The molecule has 16 heteroatoms. The molecule has 0 aliphatic heterocycles. The molecule has 11 nitrogen and oxygen atoms in total. The molecule has 0 bridgehead atoms. The number of rotatable bonds is 3. The van der Waals surface area contributed by atoms with E-state index < -0.39 is 27.7 Å². The van der Waals surface area contributed by atoms with E-state index in [1.165, 1.54) is 0 Å². The first-order valence-corrected chi connectivity index (χ1v) is 8.10. The number of aliphatic carboxylic acids is 1. The molecule has 0 amide bonds. The summed E-state index contributed by atoms with van der Waals surface area (Å²) in [7, 11) is -10.8. The van der Waals surface area contributed by atoms with Crippen LogP contribution in [0.4, 0.5) is 0 Å². The molecule has 0 unspecified atom stereocenters. The normalized spacial score (nSPS) is 10.7. The molecule has 0 aliphatic carbocycles. The van der Waals surface area contributed by atoms with Gasteiger partial charge in [0.1, 0.15) is 6.04 Å². The van der Waals surface area contributed by atoms with E-state index in [1.807, 2.05) is 30.3 Å². The van der Waals surface area contributed by atoms with Gasteiger partial charge in [-0.25, -0.2) is 0 Å².